The molecule has 0 saturated carbocycles. The first-order chi connectivity index (χ1) is 20.0. The number of nitrogens with two attached hydrogens (primary N) is 1. The molecule has 2 aliphatic heterocycles. The average Bonchev–Trinajstić information content (AvgIpc) is 3.62. The van der Waals surface area contributed by atoms with Crippen molar-refractivity contribution in [3.05, 3.63) is 89.5 Å². The summed E-state index contributed by atoms with van der Waals surface area (Å²) in [6.07, 6.45) is 10.1. The van der Waals surface area contributed by atoms with Crippen molar-refractivity contribution in [3.8, 4) is 0 Å². The summed E-state index contributed by atoms with van der Waals surface area (Å²) in [7, 11) is 2.12. The van der Waals surface area contributed by atoms with Gasteiger partial charge in [-0.1, -0.05) is 42.5 Å². The lowest BCUT2D eigenvalue weighted by Gasteiger charge is -2.32. The molecular weight excluding hydrogens is 514 g/mol. The molecule has 0 spiro atoms. The number of hydrogen-bond donors (Lipinski definition) is 3. The van der Waals surface area contributed by atoms with Gasteiger partial charge in [-0.3, -0.25) is 9.69 Å². The lowest BCUT2D eigenvalue weighted by Crippen LogP contribution is -2.48. The smallest absolute Gasteiger partial charge is 0.236 e. The molecule has 4 N–H and O–H groups in total. The maximum Gasteiger partial charge on any atom is 0.236 e. The molecule has 2 fully saturated rings. The molecule has 1 amide bonds. The first-order valence-corrected chi connectivity index (χ1v) is 14.2. The highest BCUT2D eigenvalue weighted by Crippen LogP contribution is 2.35. The number of hydrogen-bond acceptors (Lipinski definition) is 8. The van der Waals surface area contributed by atoms with Crippen LogP contribution < -0.4 is 11.1 Å². The van der Waals surface area contributed by atoms with Gasteiger partial charge in [0, 0.05) is 74.8 Å². The Labute approximate surface area is 240 Å². The summed E-state index contributed by atoms with van der Waals surface area (Å²) >= 11 is 0. The summed E-state index contributed by atoms with van der Waals surface area (Å²) in [5.41, 5.74) is 12.3. The van der Waals surface area contributed by atoms with Crippen LogP contribution >= 0.6 is 0 Å². The van der Waals surface area contributed by atoms with E-state index >= 15 is 0 Å². The second-order valence-corrected chi connectivity index (χ2v) is 11.1. The zero-order valence-electron chi connectivity index (χ0n) is 23.5. The number of fused-ring (bicyclic) bond motifs is 1. The molecule has 1 aliphatic carbocycles. The van der Waals surface area contributed by atoms with E-state index < -0.39 is 0 Å². The third-order valence-electron chi connectivity index (χ3n) is 8.30. The van der Waals surface area contributed by atoms with Gasteiger partial charge in [-0.15, -0.1) is 0 Å². The molecule has 10 heteroatoms. The van der Waals surface area contributed by atoms with Gasteiger partial charge in [-0.25, -0.2) is 9.50 Å². The zero-order valence-corrected chi connectivity index (χ0v) is 23.5. The van der Waals surface area contributed by atoms with Gasteiger partial charge in [0.15, 0.2) is 5.82 Å². The number of likely N-dealkylation sites (tertiary alicyclic amines) is 1. The number of anilines is 1. The largest absolute Gasteiger partial charge is 0.386 e. The molecule has 1 aromatic carbocycles. The Hall–Kier alpha value is -4.28. The van der Waals surface area contributed by atoms with E-state index in [2.05, 4.69) is 50.4 Å². The van der Waals surface area contributed by atoms with Crippen molar-refractivity contribution in [2.24, 2.45) is 0 Å². The molecule has 6 rings (SSSR count). The van der Waals surface area contributed by atoms with Gasteiger partial charge in [0.2, 0.25) is 5.91 Å². The Kier molecular flexibility index (Phi) is 7.67. The van der Waals surface area contributed by atoms with Gasteiger partial charge >= 0.3 is 0 Å². The van der Waals surface area contributed by atoms with E-state index in [0.717, 1.165) is 67.1 Å². The fourth-order valence-corrected chi connectivity index (χ4v) is 5.85. The summed E-state index contributed by atoms with van der Waals surface area (Å²) in [6, 6.07) is 12.3. The Bertz CT molecular complexity index is 1530. The second kappa shape index (κ2) is 11.7. The van der Waals surface area contributed by atoms with Gasteiger partial charge < -0.3 is 26.3 Å². The maximum atomic E-state index is 13.1. The van der Waals surface area contributed by atoms with Crippen molar-refractivity contribution in [1.82, 2.24) is 34.6 Å². The number of nitrogens with zero attached hydrogens (tertiary/aromatic N) is 6. The van der Waals surface area contributed by atoms with Crippen molar-refractivity contribution in [3.63, 3.8) is 0 Å². The number of carbonyl (C=O) groups excluding carboxylic acids is 1. The van der Waals surface area contributed by atoms with E-state index in [4.69, 9.17) is 11.1 Å². The summed E-state index contributed by atoms with van der Waals surface area (Å²) in [5.74, 6) is 0.736. The molecule has 2 aromatic heterocycles. The van der Waals surface area contributed by atoms with E-state index in [1.54, 1.807) is 0 Å². The number of piperazine rings is 1. The number of carbonyl (C=O) groups is 1. The number of allylic oxidation sites excluding steroid dienone is 5. The molecular formula is C31H37N9O. The molecule has 1 atom stereocenters. The quantitative estimate of drug-likeness (QED) is 0.413. The van der Waals surface area contributed by atoms with Crippen molar-refractivity contribution in [2.45, 2.75) is 18.9 Å². The molecule has 41 heavy (non-hydrogen) atoms. The van der Waals surface area contributed by atoms with Gasteiger partial charge in [-0.05, 0) is 36.7 Å². The van der Waals surface area contributed by atoms with Crippen molar-refractivity contribution < 1.29 is 4.79 Å². The summed E-state index contributed by atoms with van der Waals surface area (Å²) in [4.78, 5) is 23.9. The van der Waals surface area contributed by atoms with Gasteiger partial charge in [0.25, 0.3) is 0 Å². The van der Waals surface area contributed by atoms with E-state index in [-0.39, 0.29) is 11.8 Å². The number of nitrogens with one attached hydrogen (secondary N) is 2. The molecule has 3 aliphatic rings. The highest BCUT2D eigenvalue weighted by molar-refractivity contribution is 6.16. The molecule has 1 unspecified atom stereocenters. The molecule has 10 nitrogen and oxygen atoms in total. The van der Waals surface area contributed by atoms with Crippen LogP contribution in [-0.4, -0.2) is 93.8 Å². The highest BCUT2D eigenvalue weighted by Gasteiger charge is 2.32. The fourth-order valence-electron chi connectivity index (χ4n) is 5.85. The number of likely N-dealkylation sites (N-methyl/N-ethyl adjacent to an activating group) is 1. The van der Waals surface area contributed by atoms with Crippen LogP contribution in [0.2, 0.25) is 0 Å². The number of benzene rings is 1. The minimum atomic E-state index is 0.146. The lowest BCUT2D eigenvalue weighted by molar-refractivity contribution is -0.131. The van der Waals surface area contributed by atoms with E-state index in [1.165, 1.54) is 11.9 Å². The standard InChI is InChI=1S/C31H37N9O/c1-37-11-13-38(14-12-37)20-29(41)39-10-9-25(19-39)28-16-26(30-31(33)35-21-36-40(28)30)23-7-8-24(27(32)15-23)18-34-17-22-5-3-2-4-6-22/h2-8,15-16,18,21,25,32,34H,9-14,17,19-20H2,1H3,(H2,33,35,36)/b24-18-,32-27?. The summed E-state index contributed by atoms with van der Waals surface area (Å²) in [5, 5.41) is 16.5. The van der Waals surface area contributed by atoms with Crippen LogP contribution in [0.4, 0.5) is 5.82 Å². The number of nitrogen functional groups attached to an aromatic ring is 1. The van der Waals surface area contributed by atoms with E-state index in [1.807, 2.05) is 52.0 Å². The molecule has 3 aromatic rings. The Morgan fingerprint density at radius 2 is 1.95 bits per heavy atom. The molecule has 212 valence electrons. The second-order valence-electron chi connectivity index (χ2n) is 11.1. The summed E-state index contributed by atoms with van der Waals surface area (Å²) < 4.78 is 1.88. The van der Waals surface area contributed by atoms with Crippen molar-refractivity contribution in [1.29, 1.82) is 5.41 Å². The third-order valence-corrected chi connectivity index (χ3v) is 8.30. The van der Waals surface area contributed by atoms with Crippen LogP contribution in [0.5, 0.6) is 0 Å². The highest BCUT2D eigenvalue weighted by atomic mass is 16.2. The van der Waals surface area contributed by atoms with Crippen LogP contribution in [0.3, 0.4) is 0 Å². The Morgan fingerprint density at radius 1 is 1.15 bits per heavy atom. The van der Waals surface area contributed by atoms with Crippen LogP contribution in [-0.2, 0) is 11.3 Å². The third kappa shape index (κ3) is 5.79. The van der Waals surface area contributed by atoms with Crippen LogP contribution in [0.15, 0.2) is 72.7 Å². The number of rotatable bonds is 7. The molecule has 2 saturated heterocycles. The van der Waals surface area contributed by atoms with Crippen molar-refractivity contribution >= 4 is 28.5 Å². The maximum absolute atomic E-state index is 13.1. The molecule has 0 radical (unpaired) electrons. The van der Waals surface area contributed by atoms with Gasteiger partial charge in [0.1, 0.15) is 11.8 Å². The lowest BCUT2D eigenvalue weighted by atomic mass is 9.95. The summed E-state index contributed by atoms with van der Waals surface area (Å²) in [6.45, 7) is 6.42. The first kappa shape index (κ1) is 26.9. The molecule has 0 bridgehead atoms. The topological polar surface area (TPSA) is 119 Å². The number of aromatic nitrogens is 3. The van der Waals surface area contributed by atoms with Crippen molar-refractivity contribution in [2.75, 3.05) is 58.6 Å². The zero-order chi connectivity index (χ0) is 28.3. The minimum Gasteiger partial charge on any atom is -0.386 e. The minimum absolute atomic E-state index is 0.146. The average molecular weight is 552 g/mol. The predicted octanol–water partition coefficient (Wildman–Crippen LogP) is 2.52. The van der Waals surface area contributed by atoms with E-state index in [0.29, 0.717) is 31.2 Å². The monoisotopic (exact) mass is 551 g/mol. The molecule has 4 heterocycles. The van der Waals surface area contributed by atoms with Crippen LogP contribution in [0, 0.1) is 5.41 Å². The van der Waals surface area contributed by atoms with Crippen LogP contribution in [0.1, 0.15) is 29.2 Å². The number of amides is 1. The normalized spacial score (nSPS) is 21.1. The SMILES string of the molecule is CN1CCN(CC(=O)N2CCC(c3cc(C4=CC(=N)/C(=C\NCc5ccccc5)C=C4)c4c(N)ncnn34)C2)CC1. The first-order valence-electron chi connectivity index (χ1n) is 14.2. The fraction of sp³-hybridized carbons (Fsp3) is 0.355. The Balaban J connectivity index is 1.18. The van der Waals surface area contributed by atoms with Crippen LogP contribution in [0.25, 0.3) is 11.1 Å². The van der Waals surface area contributed by atoms with Gasteiger partial charge in [0.05, 0.1) is 12.3 Å². The van der Waals surface area contributed by atoms with Gasteiger partial charge in [-0.2, -0.15) is 5.10 Å². The van der Waals surface area contributed by atoms with E-state index in [9.17, 15) is 4.79 Å². The Morgan fingerprint density at radius 3 is 2.73 bits per heavy atom. The predicted molar refractivity (Wildman–Crippen MR) is 161 cm³/mol.